The number of para-hydroxylation sites is 1. The van der Waals surface area contributed by atoms with Crippen molar-refractivity contribution in [1.82, 2.24) is 24.6 Å². The zero-order valence-corrected chi connectivity index (χ0v) is 22.0. The first kappa shape index (κ1) is 26.2. The van der Waals surface area contributed by atoms with Gasteiger partial charge in [-0.1, -0.05) is 53.7 Å². The quantitative estimate of drug-likeness (QED) is 0.307. The van der Waals surface area contributed by atoms with Crippen LogP contribution < -0.4 is 0 Å². The molecular formula is C26H30ClN5O3S. The molecule has 0 spiro atoms. The Bertz CT molecular complexity index is 1190. The first-order chi connectivity index (χ1) is 17.5. The lowest BCUT2D eigenvalue weighted by molar-refractivity contribution is -0.144. The smallest absolute Gasteiger partial charge is 0.248 e. The van der Waals surface area contributed by atoms with Crippen LogP contribution in [0.5, 0.6) is 0 Å². The highest BCUT2D eigenvalue weighted by atomic mass is 35.5. The van der Waals surface area contributed by atoms with Crippen LogP contribution in [0, 0.1) is 0 Å². The zero-order valence-electron chi connectivity index (χ0n) is 20.5. The molecule has 1 saturated heterocycles. The van der Waals surface area contributed by atoms with Crippen LogP contribution in [-0.2, 0) is 14.3 Å². The van der Waals surface area contributed by atoms with Gasteiger partial charge in [0.15, 0.2) is 11.0 Å². The first-order valence-corrected chi connectivity index (χ1v) is 13.3. The number of carbonyl (C=O) groups is 2. The van der Waals surface area contributed by atoms with E-state index in [0.29, 0.717) is 43.3 Å². The maximum atomic E-state index is 12.8. The second kappa shape index (κ2) is 12.4. The standard InChI is InChI=1S/C26H30ClN5O3S/c1-19-17-30(14-15-31(19)24(34)18-35-2)23(33)13-8-16-36-26-29-28-25(21-11-6-7-12-22(21)27)32(26)20-9-4-3-5-10-20/h3-7,9-12,19H,8,13-18H2,1-2H3. The molecule has 2 amide bonds. The van der Waals surface area contributed by atoms with Gasteiger partial charge in [-0.15, -0.1) is 10.2 Å². The monoisotopic (exact) mass is 527 g/mol. The Balaban J connectivity index is 1.37. The van der Waals surface area contributed by atoms with Crippen LogP contribution in [0.15, 0.2) is 59.8 Å². The van der Waals surface area contributed by atoms with Crippen LogP contribution in [0.3, 0.4) is 0 Å². The predicted molar refractivity (Wildman–Crippen MR) is 141 cm³/mol. The Morgan fingerprint density at radius 3 is 2.53 bits per heavy atom. The maximum absolute atomic E-state index is 12.8. The van der Waals surface area contributed by atoms with Gasteiger partial charge in [-0.05, 0) is 37.6 Å². The highest BCUT2D eigenvalue weighted by Crippen LogP contribution is 2.32. The van der Waals surface area contributed by atoms with E-state index in [4.69, 9.17) is 16.3 Å². The molecule has 36 heavy (non-hydrogen) atoms. The summed E-state index contributed by atoms with van der Waals surface area (Å²) in [5.74, 6) is 1.48. The van der Waals surface area contributed by atoms with Gasteiger partial charge >= 0.3 is 0 Å². The van der Waals surface area contributed by atoms with E-state index in [-0.39, 0.29) is 24.5 Å². The van der Waals surface area contributed by atoms with Crippen molar-refractivity contribution >= 4 is 35.2 Å². The number of hydrogen-bond acceptors (Lipinski definition) is 6. The molecule has 0 bridgehead atoms. The molecular weight excluding hydrogens is 498 g/mol. The van der Waals surface area contributed by atoms with E-state index in [1.165, 1.54) is 7.11 Å². The van der Waals surface area contributed by atoms with Crippen molar-refractivity contribution in [2.45, 2.75) is 31.0 Å². The van der Waals surface area contributed by atoms with Gasteiger partial charge in [-0.25, -0.2) is 0 Å². The second-order valence-electron chi connectivity index (χ2n) is 8.62. The topological polar surface area (TPSA) is 80.6 Å². The summed E-state index contributed by atoms with van der Waals surface area (Å²) in [6, 6.07) is 17.5. The minimum Gasteiger partial charge on any atom is -0.375 e. The normalized spacial score (nSPS) is 15.8. The fourth-order valence-corrected chi connectivity index (χ4v) is 5.41. The second-order valence-corrected chi connectivity index (χ2v) is 10.1. The third-order valence-corrected chi connectivity index (χ3v) is 7.44. The van der Waals surface area contributed by atoms with Crippen LogP contribution in [0.1, 0.15) is 19.8 Å². The predicted octanol–water partition coefficient (Wildman–Crippen LogP) is 4.17. The van der Waals surface area contributed by atoms with Crippen LogP contribution in [-0.4, -0.2) is 81.5 Å². The van der Waals surface area contributed by atoms with E-state index in [2.05, 4.69) is 10.2 Å². The third kappa shape index (κ3) is 6.08. The summed E-state index contributed by atoms with van der Waals surface area (Å²) >= 11 is 8.03. The van der Waals surface area contributed by atoms with E-state index >= 15 is 0 Å². The summed E-state index contributed by atoms with van der Waals surface area (Å²) in [7, 11) is 1.51. The van der Waals surface area contributed by atoms with Gasteiger partial charge in [0.05, 0.1) is 5.02 Å². The molecule has 1 unspecified atom stereocenters. The summed E-state index contributed by atoms with van der Waals surface area (Å²) in [6.07, 6.45) is 1.16. The Morgan fingerprint density at radius 2 is 1.81 bits per heavy atom. The highest BCUT2D eigenvalue weighted by Gasteiger charge is 2.29. The maximum Gasteiger partial charge on any atom is 0.248 e. The fourth-order valence-electron chi connectivity index (χ4n) is 4.30. The lowest BCUT2D eigenvalue weighted by atomic mass is 10.1. The molecule has 2 heterocycles. The molecule has 1 aliphatic heterocycles. The summed E-state index contributed by atoms with van der Waals surface area (Å²) < 4.78 is 6.96. The number of rotatable bonds is 9. The molecule has 0 N–H and O–H groups in total. The number of nitrogens with zero attached hydrogens (tertiary/aromatic N) is 5. The molecule has 2 aromatic carbocycles. The summed E-state index contributed by atoms with van der Waals surface area (Å²) in [5.41, 5.74) is 1.76. The molecule has 1 atom stereocenters. The van der Waals surface area contributed by atoms with Gasteiger partial charge in [0.1, 0.15) is 6.61 Å². The molecule has 10 heteroatoms. The van der Waals surface area contributed by atoms with Gasteiger partial charge in [0, 0.05) is 56.2 Å². The summed E-state index contributed by atoms with van der Waals surface area (Å²) in [4.78, 5) is 28.6. The Hall–Kier alpha value is -2.88. The average Bonchev–Trinajstić information content (AvgIpc) is 3.31. The molecule has 8 nitrogen and oxygen atoms in total. The molecule has 1 aliphatic rings. The van der Waals surface area contributed by atoms with Crippen molar-refractivity contribution in [1.29, 1.82) is 0 Å². The minimum atomic E-state index is -0.0350. The molecule has 1 aromatic heterocycles. The van der Waals surface area contributed by atoms with Crippen molar-refractivity contribution in [3.63, 3.8) is 0 Å². The number of hydrogen-bond donors (Lipinski definition) is 0. The van der Waals surface area contributed by atoms with Crippen LogP contribution in [0.2, 0.25) is 5.02 Å². The van der Waals surface area contributed by atoms with Crippen LogP contribution in [0.25, 0.3) is 17.1 Å². The Labute approximate surface area is 220 Å². The van der Waals surface area contributed by atoms with Crippen LogP contribution in [0.4, 0.5) is 0 Å². The fraction of sp³-hybridized carbons (Fsp3) is 0.385. The van der Waals surface area contributed by atoms with E-state index in [0.717, 1.165) is 22.2 Å². The molecule has 0 aliphatic carbocycles. The molecule has 1 fully saturated rings. The number of methoxy groups -OCH3 is 1. The number of aromatic nitrogens is 3. The van der Waals surface area contributed by atoms with Crippen LogP contribution >= 0.6 is 23.4 Å². The number of benzene rings is 2. The zero-order chi connectivity index (χ0) is 25.5. The van der Waals surface area contributed by atoms with Crippen molar-refractivity contribution < 1.29 is 14.3 Å². The van der Waals surface area contributed by atoms with E-state index < -0.39 is 0 Å². The number of halogens is 1. The van der Waals surface area contributed by atoms with E-state index in [1.807, 2.05) is 71.0 Å². The van der Waals surface area contributed by atoms with Crippen molar-refractivity contribution in [3.8, 4) is 17.1 Å². The van der Waals surface area contributed by atoms with Gasteiger partial charge in [-0.3, -0.25) is 14.2 Å². The Morgan fingerprint density at radius 1 is 1.06 bits per heavy atom. The SMILES string of the molecule is COCC(=O)N1CCN(C(=O)CCCSc2nnc(-c3ccccc3Cl)n2-c2ccccc2)CC1C. The van der Waals surface area contributed by atoms with E-state index in [1.54, 1.807) is 16.7 Å². The van der Waals surface area contributed by atoms with Gasteiger partial charge in [0.2, 0.25) is 11.8 Å². The minimum absolute atomic E-state index is 0.0209. The van der Waals surface area contributed by atoms with Crippen molar-refractivity contribution in [2.75, 3.05) is 39.1 Å². The number of ether oxygens (including phenoxy) is 1. The van der Waals surface area contributed by atoms with Crippen molar-refractivity contribution in [3.05, 3.63) is 59.6 Å². The van der Waals surface area contributed by atoms with Gasteiger partial charge in [-0.2, -0.15) is 0 Å². The lowest BCUT2D eigenvalue weighted by Crippen LogP contribution is -2.56. The summed E-state index contributed by atoms with van der Waals surface area (Å²) in [5, 5.41) is 10.3. The average molecular weight is 528 g/mol. The van der Waals surface area contributed by atoms with Gasteiger partial charge < -0.3 is 14.5 Å². The molecule has 3 aromatic rings. The van der Waals surface area contributed by atoms with Crippen molar-refractivity contribution in [2.24, 2.45) is 0 Å². The molecule has 190 valence electrons. The number of amides is 2. The number of thioether (sulfide) groups is 1. The number of piperazine rings is 1. The molecule has 4 rings (SSSR count). The lowest BCUT2D eigenvalue weighted by Gasteiger charge is -2.39. The van der Waals surface area contributed by atoms with E-state index in [9.17, 15) is 9.59 Å². The van der Waals surface area contributed by atoms with Gasteiger partial charge in [0.25, 0.3) is 0 Å². The third-order valence-electron chi connectivity index (χ3n) is 6.10. The highest BCUT2D eigenvalue weighted by molar-refractivity contribution is 7.99. The largest absolute Gasteiger partial charge is 0.375 e. The molecule has 0 saturated carbocycles. The number of carbonyl (C=O) groups excluding carboxylic acids is 2. The summed E-state index contributed by atoms with van der Waals surface area (Å²) in [6.45, 7) is 3.67. The first-order valence-electron chi connectivity index (χ1n) is 11.9. The Kier molecular flexibility index (Phi) is 9.01. The molecule has 0 radical (unpaired) electrons.